The van der Waals surface area contributed by atoms with Crippen LogP contribution >= 0.6 is 0 Å². The van der Waals surface area contributed by atoms with E-state index < -0.39 is 0 Å². The van der Waals surface area contributed by atoms with Crippen molar-refractivity contribution in [1.82, 2.24) is 0 Å². The van der Waals surface area contributed by atoms with E-state index in [2.05, 4.69) is 44.7 Å². The maximum Gasteiger partial charge on any atom is 0.119 e. The smallest absolute Gasteiger partial charge is 0.119 e. The van der Waals surface area contributed by atoms with Crippen LogP contribution in [0.25, 0.3) is 5.76 Å². The summed E-state index contributed by atoms with van der Waals surface area (Å²) in [7, 11) is 0. The first-order valence-electron chi connectivity index (χ1n) is 6.08. The monoisotopic (exact) mass is 218 g/mol. The van der Waals surface area contributed by atoms with Gasteiger partial charge in [0, 0.05) is 5.56 Å². The van der Waals surface area contributed by atoms with Crippen LogP contribution in [0, 0.1) is 5.92 Å². The van der Waals surface area contributed by atoms with Crippen molar-refractivity contribution in [2.24, 2.45) is 5.92 Å². The molecule has 0 aliphatic rings. The standard InChI is InChI=1S/C15H22O/c1-5-12(3)11-14-7-9-15(10-8-14)13(4)16-6-2/h7-10,12H,4-6,11H2,1-3H3. The Balaban J connectivity index is 2.64. The lowest BCUT2D eigenvalue weighted by Gasteiger charge is -2.10. The first-order chi connectivity index (χ1) is 7.67. The van der Waals surface area contributed by atoms with Crippen molar-refractivity contribution in [3.05, 3.63) is 42.0 Å². The molecular weight excluding hydrogens is 196 g/mol. The minimum absolute atomic E-state index is 0.674. The second-order valence-electron chi connectivity index (χ2n) is 4.27. The summed E-state index contributed by atoms with van der Waals surface area (Å²) in [6.07, 6.45) is 2.38. The number of ether oxygens (including phenoxy) is 1. The SMILES string of the molecule is C=C(OCC)c1ccc(CC(C)CC)cc1. The average Bonchev–Trinajstić information content (AvgIpc) is 2.30. The van der Waals surface area contributed by atoms with Gasteiger partial charge in [-0.05, 0) is 24.8 Å². The van der Waals surface area contributed by atoms with Crippen LogP contribution in [0.3, 0.4) is 0 Å². The Morgan fingerprint density at radius 3 is 2.38 bits per heavy atom. The summed E-state index contributed by atoms with van der Waals surface area (Å²) in [6.45, 7) is 11.1. The zero-order chi connectivity index (χ0) is 12.0. The van der Waals surface area contributed by atoms with Gasteiger partial charge in [-0.25, -0.2) is 0 Å². The van der Waals surface area contributed by atoms with Gasteiger partial charge in [-0.15, -0.1) is 0 Å². The third-order valence-electron chi connectivity index (χ3n) is 2.88. The molecule has 1 heteroatoms. The molecule has 0 aliphatic heterocycles. The van der Waals surface area contributed by atoms with Gasteiger partial charge in [0.15, 0.2) is 0 Å². The third kappa shape index (κ3) is 3.73. The molecule has 0 radical (unpaired) electrons. The molecule has 0 saturated heterocycles. The molecule has 0 amide bonds. The summed E-state index contributed by atoms with van der Waals surface area (Å²) >= 11 is 0. The quantitative estimate of drug-likeness (QED) is 0.647. The number of hydrogen-bond donors (Lipinski definition) is 0. The molecule has 1 rings (SSSR count). The van der Waals surface area contributed by atoms with E-state index in [1.54, 1.807) is 0 Å². The fraction of sp³-hybridized carbons (Fsp3) is 0.467. The van der Waals surface area contributed by atoms with Crippen molar-refractivity contribution in [1.29, 1.82) is 0 Å². The van der Waals surface area contributed by atoms with E-state index in [-0.39, 0.29) is 0 Å². The average molecular weight is 218 g/mol. The van der Waals surface area contributed by atoms with Gasteiger partial charge in [0.25, 0.3) is 0 Å². The van der Waals surface area contributed by atoms with Crippen molar-refractivity contribution in [2.75, 3.05) is 6.61 Å². The van der Waals surface area contributed by atoms with Crippen molar-refractivity contribution < 1.29 is 4.74 Å². The van der Waals surface area contributed by atoms with E-state index >= 15 is 0 Å². The van der Waals surface area contributed by atoms with Crippen LogP contribution in [0.5, 0.6) is 0 Å². The number of rotatable bonds is 6. The zero-order valence-corrected chi connectivity index (χ0v) is 10.6. The van der Waals surface area contributed by atoms with Crippen molar-refractivity contribution in [3.8, 4) is 0 Å². The molecule has 16 heavy (non-hydrogen) atoms. The highest BCUT2D eigenvalue weighted by atomic mass is 16.5. The Hall–Kier alpha value is -1.24. The summed E-state index contributed by atoms with van der Waals surface area (Å²) in [5.41, 5.74) is 2.47. The summed E-state index contributed by atoms with van der Waals surface area (Å²) < 4.78 is 5.38. The Bertz CT molecular complexity index is 324. The number of hydrogen-bond acceptors (Lipinski definition) is 1. The third-order valence-corrected chi connectivity index (χ3v) is 2.88. The molecule has 1 aromatic carbocycles. The molecule has 88 valence electrons. The lowest BCUT2D eigenvalue weighted by molar-refractivity contribution is 0.299. The minimum Gasteiger partial charge on any atom is -0.494 e. The fourth-order valence-corrected chi connectivity index (χ4v) is 1.63. The molecule has 0 heterocycles. The largest absolute Gasteiger partial charge is 0.494 e. The number of benzene rings is 1. The molecule has 1 nitrogen and oxygen atoms in total. The molecule has 0 saturated carbocycles. The second-order valence-corrected chi connectivity index (χ2v) is 4.27. The predicted molar refractivity (Wildman–Crippen MR) is 70.3 cm³/mol. The van der Waals surface area contributed by atoms with Crippen LogP contribution in [0.4, 0.5) is 0 Å². The Morgan fingerprint density at radius 1 is 1.25 bits per heavy atom. The van der Waals surface area contributed by atoms with Gasteiger partial charge in [0.05, 0.1) is 6.61 Å². The van der Waals surface area contributed by atoms with E-state index in [0.717, 1.165) is 23.7 Å². The van der Waals surface area contributed by atoms with Crippen molar-refractivity contribution >= 4 is 5.76 Å². The van der Waals surface area contributed by atoms with Crippen LogP contribution in [0.2, 0.25) is 0 Å². The van der Waals surface area contributed by atoms with Crippen molar-refractivity contribution in [2.45, 2.75) is 33.6 Å². The molecule has 0 N–H and O–H groups in total. The second kappa shape index (κ2) is 6.37. The minimum atomic E-state index is 0.674. The molecular formula is C15H22O. The maximum atomic E-state index is 5.38. The van der Waals surface area contributed by atoms with E-state index in [4.69, 9.17) is 4.74 Å². The summed E-state index contributed by atoms with van der Waals surface area (Å²) in [4.78, 5) is 0. The van der Waals surface area contributed by atoms with Crippen LogP contribution in [0.15, 0.2) is 30.8 Å². The molecule has 0 aromatic heterocycles. The van der Waals surface area contributed by atoms with Crippen LogP contribution < -0.4 is 0 Å². The Morgan fingerprint density at radius 2 is 1.88 bits per heavy atom. The lowest BCUT2D eigenvalue weighted by Crippen LogP contribution is -1.98. The summed E-state index contributed by atoms with van der Waals surface area (Å²) in [5, 5.41) is 0. The zero-order valence-electron chi connectivity index (χ0n) is 10.6. The summed E-state index contributed by atoms with van der Waals surface area (Å²) in [6, 6.07) is 8.53. The molecule has 1 atom stereocenters. The molecule has 0 spiro atoms. The fourth-order valence-electron chi connectivity index (χ4n) is 1.63. The van der Waals surface area contributed by atoms with Gasteiger partial charge < -0.3 is 4.74 Å². The van der Waals surface area contributed by atoms with E-state index in [0.29, 0.717) is 6.61 Å². The highest BCUT2D eigenvalue weighted by Crippen LogP contribution is 2.17. The van der Waals surface area contributed by atoms with Gasteiger partial charge in [-0.1, -0.05) is 51.1 Å². The molecule has 1 unspecified atom stereocenters. The lowest BCUT2D eigenvalue weighted by atomic mass is 9.98. The van der Waals surface area contributed by atoms with Crippen molar-refractivity contribution in [3.63, 3.8) is 0 Å². The maximum absolute atomic E-state index is 5.38. The van der Waals surface area contributed by atoms with Gasteiger partial charge in [-0.3, -0.25) is 0 Å². The molecule has 1 aromatic rings. The van der Waals surface area contributed by atoms with E-state index in [9.17, 15) is 0 Å². The highest BCUT2D eigenvalue weighted by molar-refractivity contribution is 5.57. The van der Waals surface area contributed by atoms with Crippen LogP contribution in [0.1, 0.15) is 38.3 Å². The first-order valence-corrected chi connectivity index (χ1v) is 6.08. The Labute approximate surface area is 99.1 Å². The first kappa shape index (κ1) is 12.8. The van der Waals surface area contributed by atoms with Gasteiger partial charge in [0.2, 0.25) is 0 Å². The Kier molecular flexibility index (Phi) is 5.10. The van der Waals surface area contributed by atoms with E-state index in [1.165, 1.54) is 12.0 Å². The van der Waals surface area contributed by atoms with Gasteiger partial charge in [0.1, 0.15) is 5.76 Å². The molecule has 0 fully saturated rings. The highest BCUT2D eigenvalue weighted by Gasteiger charge is 2.02. The predicted octanol–water partition coefficient (Wildman–Crippen LogP) is 4.28. The molecule has 0 aliphatic carbocycles. The van der Waals surface area contributed by atoms with Gasteiger partial charge in [-0.2, -0.15) is 0 Å². The molecule has 0 bridgehead atoms. The normalized spacial score (nSPS) is 12.2. The topological polar surface area (TPSA) is 9.23 Å². The van der Waals surface area contributed by atoms with Crippen LogP contribution in [-0.2, 0) is 11.2 Å². The van der Waals surface area contributed by atoms with E-state index in [1.807, 2.05) is 6.92 Å². The van der Waals surface area contributed by atoms with Crippen LogP contribution in [-0.4, -0.2) is 6.61 Å². The van der Waals surface area contributed by atoms with Gasteiger partial charge >= 0.3 is 0 Å². The summed E-state index contributed by atoms with van der Waals surface area (Å²) in [5.74, 6) is 1.51.